The van der Waals surface area contributed by atoms with Gasteiger partial charge in [0, 0.05) is 65.0 Å². The van der Waals surface area contributed by atoms with Crippen LogP contribution >= 0.6 is 12.6 Å². The summed E-state index contributed by atoms with van der Waals surface area (Å²) in [6.07, 6.45) is 14.7. The van der Waals surface area contributed by atoms with E-state index >= 15 is 0 Å². The molecule has 1 aliphatic carbocycles. The second-order valence-corrected chi connectivity index (χ2v) is 8.40. The number of rotatable bonds is 6. The van der Waals surface area contributed by atoms with Gasteiger partial charge in [-0.25, -0.2) is 15.0 Å². The van der Waals surface area contributed by atoms with Crippen molar-refractivity contribution in [2.75, 3.05) is 12.8 Å². The van der Waals surface area contributed by atoms with Gasteiger partial charge in [-0.1, -0.05) is 12.7 Å². The lowest BCUT2D eigenvalue weighted by atomic mass is 9.97. The predicted molar refractivity (Wildman–Crippen MR) is 142 cm³/mol. The highest BCUT2D eigenvalue weighted by molar-refractivity contribution is 7.79. The monoisotopic (exact) mass is 468 g/mol. The van der Waals surface area contributed by atoms with Crippen LogP contribution in [0.3, 0.4) is 0 Å². The Hall–Kier alpha value is -3.58. The molecule has 0 atom stereocenters. The normalized spacial score (nSPS) is 14.9. The number of thiol groups is 1. The number of hydrogen-bond donors (Lipinski definition) is 3. The van der Waals surface area contributed by atoms with Crippen LogP contribution in [0.4, 0.5) is 0 Å². The van der Waals surface area contributed by atoms with Gasteiger partial charge in [-0.3, -0.25) is 0 Å². The van der Waals surface area contributed by atoms with Crippen LogP contribution in [0.1, 0.15) is 47.8 Å². The first kappa shape index (κ1) is 22.2. The molecule has 34 heavy (non-hydrogen) atoms. The first-order valence-corrected chi connectivity index (χ1v) is 12.4. The SMILES string of the molecule is C=CCCN1C=C(c2cc(C3CC3)nc(-c3ccnc4[nH]ccc34)n2)c2cc[nH]c2C1=C.CS. The molecule has 4 aromatic heterocycles. The Bertz CT molecular complexity index is 1390. The number of fused-ring (bicyclic) bond motifs is 2. The molecule has 1 saturated carbocycles. The summed E-state index contributed by atoms with van der Waals surface area (Å²) in [5.74, 6) is 1.26. The molecule has 1 fully saturated rings. The Morgan fingerprint density at radius 3 is 2.74 bits per heavy atom. The molecule has 2 aliphatic rings. The molecule has 4 aromatic rings. The first-order valence-electron chi connectivity index (χ1n) is 11.5. The van der Waals surface area contributed by atoms with E-state index in [1.165, 1.54) is 12.8 Å². The summed E-state index contributed by atoms with van der Waals surface area (Å²) >= 11 is 3.53. The maximum absolute atomic E-state index is 5.07. The van der Waals surface area contributed by atoms with Crippen LogP contribution in [-0.4, -0.2) is 42.6 Å². The summed E-state index contributed by atoms with van der Waals surface area (Å²) < 4.78 is 0. The minimum absolute atomic E-state index is 0.515. The second-order valence-electron chi connectivity index (χ2n) is 8.40. The molecule has 6 nitrogen and oxygen atoms in total. The molecule has 1 aliphatic heterocycles. The molecule has 7 heteroatoms. The van der Waals surface area contributed by atoms with E-state index in [0.717, 1.165) is 69.3 Å². The van der Waals surface area contributed by atoms with E-state index < -0.39 is 0 Å². The lowest BCUT2D eigenvalue weighted by Gasteiger charge is -2.29. The van der Waals surface area contributed by atoms with Crippen LogP contribution in [0.5, 0.6) is 0 Å². The fourth-order valence-corrected chi connectivity index (χ4v) is 4.38. The Balaban J connectivity index is 0.00000117. The van der Waals surface area contributed by atoms with Gasteiger partial charge >= 0.3 is 0 Å². The van der Waals surface area contributed by atoms with Crippen LogP contribution in [0.2, 0.25) is 0 Å². The third-order valence-corrected chi connectivity index (χ3v) is 6.25. The van der Waals surface area contributed by atoms with Crippen LogP contribution in [0, 0.1) is 0 Å². The molecule has 5 heterocycles. The van der Waals surface area contributed by atoms with Crippen LogP contribution < -0.4 is 0 Å². The fraction of sp³-hybridized carbons (Fsp3) is 0.222. The number of aromatic nitrogens is 5. The molecule has 0 bridgehead atoms. The summed E-state index contributed by atoms with van der Waals surface area (Å²) in [6.45, 7) is 9.01. The molecule has 172 valence electrons. The average Bonchev–Trinajstić information content (AvgIpc) is 3.40. The summed E-state index contributed by atoms with van der Waals surface area (Å²) in [5.41, 5.74) is 8.12. The van der Waals surface area contributed by atoms with Crippen molar-refractivity contribution < 1.29 is 0 Å². The van der Waals surface area contributed by atoms with Crippen molar-refractivity contribution in [1.82, 2.24) is 29.8 Å². The largest absolute Gasteiger partial charge is 0.359 e. The number of pyridine rings is 1. The Morgan fingerprint density at radius 2 is 1.94 bits per heavy atom. The molecule has 0 radical (unpaired) electrons. The van der Waals surface area contributed by atoms with E-state index in [2.05, 4.69) is 64.0 Å². The minimum atomic E-state index is 0.515. The summed E-state index contributed by atoms with van der Waals surface area (Å²) in [5, 5.41) is 1.03. The van der Waals surface area contributed by atoms with Gasteiger partial charge in [-0.15, -0.1) is 6.58 Å². The maximum Gasteiger partial charge on any atom is 0.160 e. The van der Waals surface area contributed by atoms with Crippen molar-refractivity contribution in [3.63, 3.8) is 0 Å². The second kappa shape index (κ2) is 9.35. The predicted octanol–water partition coefficient (Wildman–Crippen LogP) is 6.02. The zero-order valence-electron chi connectivity index (χ0n) is 19.3. The summed E-state index contributed by atoms with van der Waals surface area (Å²) in [4.78, 5) is 23.2. The topological polar surface area (TPSA) is 73.5 Å². The van der Waals surface area contributed by atoms with Crippen molar-refractivity contribution in [3.8, 4) is 11.4 Å². The third-order valence-electron chi connectivity index (χ3n) is 6.25. The molecule has 0 unspecified atom stereocenters. The highest BCUT2D eigenvalue weighted by atomic mass is 32.1. The van der Waals surface area contributed by atoms with E-state index in [0.29, 0.717) is 5.92 Å². The molecular weight excluding hydrogens is 440 g/mol. The fourth-order valence-electron chi connectivity index (χ4n) is 4.38. The molecule has 0 spiro atoms. The van der Waals surface area contributed by atoms with E-state index in [1.807, 2.05) is 36.8 Å². The average molecular weight is 469 g/mol. The Kier molecular flexibility index (Phi) is 6.11. The highest BCUT2D eigenvalue weighted by Gasteiger charge is 2.29. The molecule has 0 amide bonds. The van der Waals surface area contributed by atoms with E-state index in [1.54, 1.807) is 6.26 Å². The summed E-state index contributed by atoms with van der Waals surface area (Å²) in [7, 11) is 0. The quantitative estimate of drug-likeness (QED) is 0.239. The maximum atomic E-state index is 5.07. The highest BCUT2D eigenvalue weighted by Crippen LogP contribution is 2.42. The van der Waals surface area contributed by atoms with E-state index in [4.69, 9.17) is 9.97 Å². The molecule has 0 saturated heterocycles. The number of nitrogens with one attached hydrogen (secondary N) is 2. The van der Waals surface area contributed by atoms with Crippen molar-refractivity contribution in [2.24, 2.45) is 0 Å². The van der Waals surface area contributed by atoms with Gasteiger partial charge in [-0.2, -0.15) is 12.6 Å². The smallest absolute Gasteiger partial charge is 0.160 e. The molecule has 0 aromatic carbocycles. The molecule has 2 N–H and O–H groups in total. The van der Waals surface area contributed by atoms with Gasteiger partial charge in [0.25, 0.3) is 0 Å². The van der Waals surface area contributed by atoms with Gasteiger partial charge in [-0.05, 0) is 49.8 Å². The van der Waals surface area contributed by atoms with E-state index in [-0.39, 0.29) is 0 Å². The first-order chi connectivity index (χ1) is 16.7. The zero-order chi connectivity index (χ0) is 23.7. The summed E-state index contributed by atoms with van der Waals surface area (Å²) in [6, 6.07) is 8.31. The number of aromatic amines is 2. The zero-order valence-corrected chi connectivity index (χ0v) is 20.1. The lowest BCUT2D eigenvalue weighted by molar-refractivity contribution is 0.535. The Morgan fingerprint density at radius 1 is 1.12 bits per heavy atom. The molecular formula is C27H28N6S. The number of hydrogen-bond acceptors (Lipinski definition) is 5. The van der Waals surface area contributed by atoms with Gasteiger partial charge in [0.1, 0.15) is 5.65 Å². The van der Waals surface area contributed by atoms with Gasteiger partial charge < -0.3 is 14.9 Å². The van der Waals surface area contributed by atoms with Gasteiger partial charge in [0.05, 0.1) is 17.1 Å². The Labute approximate surface area is 205 Å². The van der Waals surface area contributed by atoms with Crippen molar-refractivity contribution >= 4 is 34.9 Å². The number of H-pyrrole nitrogens is 2. The van der Waals surface area contributed by atoms with Crippen LogP contribution in [-0.2, 0) is 0 Å². The van der Waals surface area contributed by atoms with Crippen molar-refractivity contribution in [3.05, 3.63) is 90.9 Å². The van der Waals surface area contributed by atoms with Crippen LogP contribution in [0.25, 0.3) is 33.7 Å². The standard InChI is InChI=1S/C26H24N6.CH4S/c1-3-4-13-32-15-21(18-7-10-27-24(18)16(32)2)23-14-22(17-5-6-17)30-26(31-23)20-9-12-29-25-19(20)8-11-28-25;1-2/h3,7-12,14-15,17,27H,1-2,4-6,13H2,(H,28,29);2H,1H3. The van der Waals surface area contributed by atoms with Crippen molar-refractivity contribution in [2.45, 2.75) is 25.2 Å². The van der Waals surface area contributed by atoms with Gasteiger partial charge in [0.15, 0.2) is 5.82 Å². The molecule has 6 rings (SSSR count). The van der Waals surface area contributed by atoms with Gasteiger partial charge in [0.2, 0.25) is 0 Å². The third kappa shape index (κ3) is 3.96. The van der Waals surface area contributed by atoms with Crippen LogP contribution in [0.15, 0.2) is 68.3 Å². The minimum Gasteiger partial charge on any atom is -0.359 e. The van der Waals surface area contributed by atoms with Crippen molar-refractivity contribution in [1.29, 1.82) is 0 Å². The lowest BCUT2D eigenvalue weighted by Crippen LogP contribution is -2.21. The number of nitrogens with zero attached hydrogens (tertiary/aromatic N) is 4. The van der Waals surface area contributed by atoms with E-state index in [9.17, 15) is 0 Å².